The third-order valence-electron chi connectivity index (χ3n) is 3.40. The van der Waals surface area contributed by atoms with Crippen LogP contribution in [0.1, 0.15) is 32.0 Å². The van der Waals surface area contributed by atoms with E-state index in [0.717, 1.165) is 16.5 Å². The molecule has 23 heavy (non-hydrogen) atoms. The zero-order valence-electron chi connectivity index (χ0n) is 13.2. The molecule has 0 aliphatic heterocycles. The van der Waals surface area contributed by atoms with Crippen LogP contribution in [0, 0.1) is 0 Å². The molecule has 0 saturated heterocycles. The van der Waals surface area contributed by atoms with Gasteiger partial charge < -0.3 is 4.98 Å². The molecule has 1 aromatic carbocycles. The smallest absolute Gasteiger partial charge is 0.274 e. The number of rotatable bonds is 3. The van der Waals surface area contributed by atoms with Crippen molar-refractivity contribution in [1.82, 2.24) is 20.2 Å². The lowest BCUT2D eigenvalue weighted by Crippen LogP contribution is -2.28. The molecule has 2 heterocycles. The van der Waals surface area contributed by atoms with Crippen molar-refractivity contribution < 1.29 is 0 Å². The molecule has 0 radical (unpaired) electrons. The molecular formula is C16H18N6O. The first-order valence-electron chi connectivity index (χ1n) is 7.28. The van der Waals surface area contributed by atoms with E-state index in [1.54, 1.807) is 6.21 Å². The molecule has 7 heteroatoms. The summed E-state index contributed by atoms with van der Waals surface area (Å²) in [5.74, 6) is 0.207. The summed E-state index contributed by atoms with van der Waals surface area (Å²) < 4.78 is 0. The monoisotopic (exact) mass is 310 g/mol. The highest BCUT2D eigenvalue weighted by molar-refractivity contribution is 5.99. The summed E-state index contributed by atoms with van der Waals surface area (Å²) in [6.45, 7) is 5.73. The van der Waals surface area contributed by atoms with Gasteiger partial charge in [0, 0.05) is 28.1 Å². The Kier molecular flexibility index (Phi) is 3.69. The number of aromatic nitrogens is 4. The van der Waals surface area contributed by atoms with Crippen LogP contribution in [-0.2, 0) is 5.41 Å². The van der Waals surface area contributed by atoms with Crippen molar-refractivity contribution in [2.45, 2.75) is 26.2 Å². The van der Waals surface area contributed by atoms with Crippen molar-refractivity contribution in [2.24, 2.45) is 5.10 Å². The Hall–Kier alpha value is -2.96. The summed E-state index contributed by atoms with van der Waals surface area (Å²) in [6, 6.07) is 7.94. The van der Waals surface area contributed by atoms with Crippen molar-refractivity contribution in [3.63, 3.8) is 0 Å². The highest BCUT2D eigenvalue weighted by Crippen LogP contribution is 2.16. The maximum atomic E-state index is 12.0. The molecule has 3 rings (SSSR count). The topological polar surface area (TPSA) is 98.8 Å². The van der Waals surface area contributed by atoms with E-state index in [1.807, 2.05) is 51.2 Å². The van der Waals surface area contributed by atoms with E-state index < -0.39 is 0 Å². The highest BCUT2D eigenvalue weighted by atomic mass is 16.1. The molecule has 3 aromatic rings. The zero-order valence-corrected chi connectivity index (χ0v) is 13.2. The van der Waals surface area contributed by atoms with Crippen molar-refractivity contribution in [3.8, 4) is 0 Å². The van der Waals surface area contributed by atoms with Crippen molar-refractivity contribution in [3.05, 3.63) is 52.1 Å². The Bertz CT molecular complexity index is 916. The zero-order chi connectivity index (χ0) is 16.4. The van der Waals surface area contributed by atoms with E-state index >= 15 is 0 Å². The average Bonchev–Trinajstić information content (AvgIpc) is 2.90. The van der Waals surface area contributed by atoms with Gasteiger partial charge in [0.2, 0.25) is 5.95 Å². The standard InChI is InChI=1S/C16H18N6O/c1-16(2,3)13-14(23)19-15(22-20-13)21-18-9-10-8-17-12-7-5-4-6-11(10)12/h4-9,17H,1-3H3,(H2,19,21,22,23)/b18-9+. The van der Waals surface area contributed by atoms with Gasteiger partial charge in [-0.15, -0.1) is 10.2 Å². The molecule has 0 amide bonds. The van der Waals surface area contributed by atoms with E-state index in [0.29, 0.717) is 5.69 Å². The Balaban J connectivity index is 1.78. The summed E-state index contributed by atoms with van der Waals surface area (Å²) >= 11 is 0. The first kappa shape index (κ1) is 15.0. The van der Waals surface area contributed by atoms with E-state index in [9.17, 15) is 4.79 Å². The second-order valence-corrected chi connectivity index (χ2v) is 6.26. The van der Waals surface area contributed by atoms with Crippen LogP contribution in [0.25, 0.3) is 10.9 Å². The summed E-state index contributed by atoms with van der Waals surface area (Å²) in [5, 5.41) is 13.1. The molecular weight excluding hydrogens is 292 g/mol. The molecule has 0 bridgehead atoms. The van der Waals surface area contributed by atoms with Gasteiger partial charge >= 0.3 is 0 Å². The van der Waals surface area contributed by atoms with Gasteiger partial charge in [-0.1, -0.05) is 39.0 Å². The van der Waals surface area contributed by atoms with Crippen LogP contribution in [0.2, 0.25) is 0 Å². The largest absolute Gasteiger partial charge is 0.361 e. The first-order chi connectivity index (χ1) is 10.9. The lowest BCUT2D eigenvalue weighted by Gasteiger charge is -2.15. The maximum Gasteiger partial charge on any atom is 0.274 e. The second-order valence-electron chi connectivity index (χ2n) is 6.26. The van der Waals surface area contributed by atoms with Crippen LogP contribution < -0.4 is 11.0 Å². The average molecular weight is 310 g/mol. The molecule has 118 valence electrons. The number of hydrazone groups is 1. The molecule has 0 saturated carbocycles. The summed E-state index contributed by atoms with van der Waals surface area (Å²) in [7, 11) is 0. The minimum atomic E-state index is -0.355. The Morgan fingerprint density at radius 2 is 2.00 bits per heavy atom. The predicted molar refractivity (Wildman–Crippen MR) is 90.9 cm³/mol. The van der Waals surface area contributed by atoms with Gasteiger partial charge in [0.15, 0.2) is 0 Å². The van der Waals surface area contributed by atoms with Gasteiger partial charge in [-0.05, 0) is 6.07 Å². The molecule has 0 unspecified atom stereocenters. The summed E-state index contributed by atoms with van der Waals surface area (Å²) in [4.78, 5) is 17.8. The van der Waals surface area contributed by atoms with Crippen molar-refractivity contribution in [2.75, 3.05) is 5.43 Å². The fourth-order valence-corrected chi connectivity index (χ4v) is 2.24. The number of fused-ring (bicyclic) bond motifs is 1. The molecule has 2 aromatic heterocycles. The Morgan fingerprint density at radius 1 is 1.22 bits per heavy atom. The predicted octanol–water partition coefficient (Wildman–Crippen LogP) is 2.39. The van der Waals surface area contributed by atoms with Crippen LogP contribution in [0.3, 0.4) is 0 Å². The Labute approximate surface area is 132 Å². The van der Waals surface area contributed by atoms with Crippen LogP contribution in [0.5, 0.6) is 0 Å². The number of hydrogen-bond acceptors (Lipinski definition) is 5. The molecule has 3 N–H and O–H groups in total. The van der Waals surface area contributed by atoms with Crippen LogP contribution >= 0.6 is 0 Å². The fraction of sp³-hybridized carbons (Fsp3) is 0.250. The molecule has 0 fully saturated rings. The van der Waals surface area contributed by atoms with Crippen molar-refractivity contribution >= 4 is 23.1 Å². The molecule has 0 atom stereocenters. The molecule has 0 spiro atoms. The number of para-hydroxylation sites is 1. The number of anilines is 1. The third-order valence-corrected chi connectivity index (χ3v) is 3.40. The van der Waals surface area contributed by atoms with E-state index in [1.165, 1.54) is 0 Å². The normalized spacial score (nSPS) is 12.1. The third kappa shape index (κ3) is 3.13. The van der Waals surface area contributed by atoms with Gasteiger partial charge in [-0.3, -0.25) is 9.78 Å². The van der Waals surface area contributed by atoms with Gasteiger partial charge in [0.1, 0.15) is 5.69 Å². The van der Waals surface area contributed by atoms with Gasteiger partial charge in [0.25, 0.3) is 5.56 Å². The van der Waals surface area contributed by atoms with Crippen LogP contribution in [-0.4, -0.2) is 26.4 Å². The number of nitrogens with one attached hydrogen (secondary N) is 3. The number of aromatic amines is 2. The molecule has 7 nitrogen and oxygen atoms in total. The number of nitrogens with zero attached hydrogens (tertiary/aromatic N) is 3. The summed E-state index contributed by atoms with van der Waals surface area (Å²) in [6.07, 6.45) is 3.53. The minimum absolute atomic E-state index is 0.207. The van der Waals surface area contributed by atoms with E-state index in [4.69, 9.17) is 0 Å². The summed E-state index contributed by atoms with van der Waals surface area (Å²) in [5.41, 5.74) is 4.44. The van der Waals surface area contributed by atoms with Crippen LogP contribution in [0.15, 0.2) is 40.4 Å². The Morgan fingerprint density at radius 3 is 2.74 bits per heavy atom. The lowest BCUT2D eigenvalue weighted by atomic mass is 9.93. The van der Waals surface area contributed by atoms with Gasteiger partial charge in [-0.25, -0.2) is 5.43 Å². The number of hydrogen-bond donors (Lipinski definition) is 3. The highest BCUT2D eigenvalue weighted by Gasteiger charge is 2.20. The maximum absolute atomic E-state index is 12.0. The number of benzene rings is 1. The number of H-pyrrole nitrogens is 2. The first-order valence-corrected chi connectivity index (χ1v) is 7.28. The van der Waals surface area contributed by atoms with E-state index in [2.05, 4.69) is 30.7 Å². The molecule has 0 aliphatic rings. The quantitative estimate of drug-likeness (QED) is 0.511. The van der Waals surface area contributed by atoms with E-state index in [-0.39, 0.29) is 16.9 Å². The fourth-order valence-electron chi connectivity index (χ4n) is 2.24. The molecule has 0 aliphatic carbocycles. The SMILES string of the molecule is CC(C)(C)c1nnc(N/N=C/c2c[nH]c3ccccc23)[nH]c1=O. The minimum Gasteiger partial charge on any atom is -0.361 e. The van der Waals surface area contributed by atoms with Gasteiger partial charge in [-0.2, -0.15) is 5.10 Å². The van der Waals surface area contributed by atoms with Gasteiger partial charge in [0.05, 0.1) is 6.21 Å². The van der Waals surface area contributed by atoms with Crippen LogP contribution in [0.4, 0.5) is 5.95 Å². The lowest BCUT2D eigenvalue weighted by molar-refractivity contribution is 0.547. The van der Waals surface area contributed by atoms with Crippen molar-refractivity contribution in [1.29, 1.82) is 0 Å². The second kappa shape index (κ2) is 5.68.